The molecule has 0 unspecified atom stereocenters. The van der Waals surface area contributed by atoms with Crippen molar-refractivity contribution in [1.82, 2.24) is 9.80 Å². The normalized spacial score (nSPS) is 29.7. The van der Waals surface area contributed by atoms with Gasteiger partial charge in [-0.15, -0.1) is 0 Å². The number of carbonyl (C=O) groups is 1. The van der Waals surface area contributed by atoms with Gasteiger partial charge in [0.05, 0.1) is 6.54 Å². The third-order valence-electron chi connectivity index (χ3n) is 4.58. The molecule has 1 N–H and O–H groups in total. The van der Waals surface area contributed by atoms with Gasteiger partial charge in [-0.3, -0.25) is 9.69 Å². The maximum absolute atomic E-state index is 12.7. The van der Waals surface area contributed by atoms with Gasteiger partial charge in [-0.25, -0.2) is 0 Å². The van der Waals surface area contributed by atoms with Crippen molar-refractivity contribution >= 4 is 5.91 Å². The molecule has 0 radical (unpaired) electrons. The number of aliphatic hydroxyl groups is 1. The Morgan fingerprint density at radius 3 is 2.57 bits per heavy atom. The number of aliphatic hydroxyl groups excluding tert-OH is 1. The molecule has 2 fully saturated rings. The molecule has 0 aliphatic carbocycles. The maximum Gasteiger partial charge on any atom is 0.415 e. The molecule has 2 heterocycles. The molecule has 0 spiro atoms. The molecule has 122 valence electrons. The zero-order chi connectivity index (χ0) is 15.6. The summed E-state index contributed by atoms with van der Waals surface area (Å²) in [5.74, 6) is -0.122. The minimum atomic E-state index is -4.63. The Kier molecular flexibility index (Phi) is 5.14. The molecule has 0 aromatic heterocycles. The first-order valence-electron chi connectivity index (χ1n) is 7.59. The predicted octanol–water partition coefficient (Wildman–Crippen LogP) is 1.77. The van der Waals surface area contributed by atoms with Crippen LogP contribution in [0.2, 0.25) is 0 Å². The minimum absolute atomic E-state index is 0.0256. The summed E-state index contributed by atoms with van der Waals surface area (Å²) in [7, 11) is 0. The SMILES string of the molecule is C[C@@H]1CCCCN1C(=O)CN1CCC[C@H]1[C@H](O)C(F)(F)F. The molecule has 2 rings (SSSR count). The summed E-state index contributed by atoms with van der Waals surface area (Å²) < 4.78 is 38.0. The van der Waals surface area contributed by atoms with Crippen LogP contribution in [0, 0.1) is 0 Å². The molecule has 2 aliphatic heterocycles. The number of nitrogens with zero attached hydrogens (tertiary/aromatic N) is 2. The Hall–Kier alpha value is -0.820. The maximum atomic E-state index is 12.7. The number of rotatable bonds is 3. The highest BCUT2D eigenvalue weighted by Crippen LogP contribution is 2.30. The molecule has 0 aromatic carbocycles. The number of halogens is 3. The van der Waals surface area contributed by atoms with Crippen LogP contribution in [0.25, 0.3) is 0 Å². The molecule has 2 saturated heterocycles. The fraction of sp³-hybridized carbons (Fsp3) is 0.929. The second kappa shape index (κ2) is 6.52. The van der Waals surface area contributed by atoms with E-state index in [0.29, 0.717) is 19.5 Å². The van der Waals surface area contributed by atoms with Crippen LogP contribution < -0.4 is 0 Å². The van der Waals surface area contributed by atoms with Crippen LogP contribution in [0.1, 0.15) is 39.0 Å². The van der Waals surface area contributed by atoms with Crippen molar-refractivity contribution in [2.24, 2.45) is 0 Å². The number of hydrogen-bond donors (Lipinski definition) is 1. The quantitative estimate of drug-likeness (QED) is 0.864. The smallest absolute Gasteiger partial charge is 0.382 e. The van der Waals surface area contributed by atoms with Crippen LogP contribution in [-0.4, -0.2) is 64.8 Å². The van der Waals surface area contributed by atoms with Crippen LogP contribution in [0.5, 0.6) is 0 Å². The third kappa shape index (κ3) is 3.88. The van der Waals surface area contributed by atoms with Crippen LogP contribution in [0.15, 0.2) is 0 Å². The van der Waals surface area contributed by atoms with Crippen molar-refractivity contribution in [2.75, 3.05) is 19.6 Å². The average molecular weight is 308 g/mol. The van der Waals surface area contributed by atoms with Gasteiger partial charge >= 0.3 is 6.18 Å². The Labute approximate surface area is 122 Å². The van der Waals surface area contributed by atoms with Gasteiger partial charge in [-0.1, -0.05) is 0 Å². The summed E-state index contributed by atoms with van der Waals surface area (Å²) in [5.41, 5.74) is 0. The molecule has 2 aliphatic rings. The van der Waals surface area contributed by atoms with Gasteiger partial charge in [0.25, 0.3) is 0 Å². The topological polar surface area (TPSA) is 43.8 Å². The van der Waals surface area contributed by atoms with Crippen molar-refractivity contribution in [3.8, 4) is 0 Å². The van der Waals surface area contributed by atoms with E-state index in [0.717, 1.165) is 19.3 Å². The lowest BCUT2D eigenvalue weighted by Crippen LogP contribution is -2.52. The van der Waals surface area contributed by atoms with E-state index >= 15 is 0 Å². The van der Waals surface area contributed by atoms with Gasteiger partial charge in [-0.05, 0) is 45.6 Å². The standard InChI is InChI=1S/C14H23F3N2O2/c1-10-5-2-3-8-19(10)12(20)9-18-7-4-6-11(18)13(21)14(15,16)17/h10-11,13,21H,2-9H2,1H3/t10-,11+,13+/m1/s1. The molecule has 1 amide bonds. The van der Waals surface area contributed by atoms with E-state index in [4.69, 9.17) is 0 Å². The Morgan fingerprint density at radius 1 is 1.24 bits per heavy atom. The molecular formula is C14H23F3N2O2. The van der Waals surface area contributed by atoms with E-state index in [2.05, 4.69) is 0 Å². The highest BCUT2D eigenvalue weighted by Gasteiger charge is 2.47. The predicted molar refractivity (Wildman–Crippen MR) is 71.7 cm³/mol. The molecule has 0 bridgehead atoms. The molecule has 21 heavy (non-hydrogen) atoms. The van der Waals surface area contributed by atoms with Gasteiger partial charge in [0.15, 0.2) is 6.10 Å². The van der Waals surface area contributed by atoms with E-state index in [-0.39, 0.29) is 24.9 Å². The second-order valence-electron chi connectivity index (χ2n) is 6.10. The fourth-order valence-electron chi connectivity index (χ4n) is 3.36. The summed E-state index contributed by atoms with van der Waals surface area (Å²) in [6.07, 6.45) is -3.15. The number of amides is 1. The molecular weight excluding hydrogens is 285 g/mol. The van der Waals surface area contributed by atoms with E-state index in [9.17, 15) is 23.1 Å². The van der Waals surface area contributed by atoms with Crippen molar-refractivity contribution in [3.63, 3.8) is 0 Å². The van der Waals surface area contributed by atoms with Gasteiger partial charge in [-0.2, -0.15) is 13.2 Å². The summed E-state index contributed by atoms with van der Waals surface area (Å²) in [6.45, 7) is 3.07. The van der Waals surface area contributed by atoms with Gasteiger partial charge < -0.3 is 10.0 Å². The van der Waals surface area contributed by atoms with Crippen molar-refractivity contribution in [3.05, 3.63) is 0 Å². The second-order valence-corrected chi connectivity index (χ2v) is 6.10. The zero-order valence-corrected chi connectivity index (χ0v) is 12.3. The molecule has 0 saturated carbocycles. The number of likely N-dealkylation sites (tertiary alicyclic amines) is 2. The highest BCUT2D eigenvalue weighted by atomic mass is 19.4. The zero-order valence-electron chi connectivity index (χ0n) is 12.3. The van der Waals surface area contributed by atoms with Crippen LogP contribution >= 0.6 is 0 Å². The van der Waals surface area contributed by atoms with E-state index in [1.54, 1.807) is 4.90 Å². The first kappa shape index (κ1) is 16.5. The fourth-order valence-corrected chi connectivity index (χ4v) is 3.36. The first-order valence-corrected chi connectivity index (χ1v) is 7.59. The van der Waals surface area contributed by atoms with Crippen LogP contribution in [0.3, 0.4) is 0 Å². The van der Waals surface area contributed by atoms with E-state index in [1.807, 2.05) is 6.92 Å². The Morgan fingerprint density at radius 2 is 1.95 bits per heavy atom. The number of carbonyl (C=O) groups excluding carboxylic acids is 1. The van der Waals surface area contributed by atoms with Crippen LogP contribution in [0.4, 0.5) is 13.2 Å². The first-order chi connectivity index (χ1) is 9.80. The molecule has 3 atom stereocenters. The Bertz CT molecular complexity index is 376. The lowest BCUT2D eigenvalue weighted by Gasteiger charge is -2.36. The van der Waals surface area contributed by atoms with Crippen LogP contribution in [-0.2, 0) is 4.79 Å². The van der Waals surface area contributed by atoms with E-state index < -0.39 is 18.3 Å². The average Bonchev–Trinajstić information content (AvgIpc) is 2.85. The number of hydrogen-bond acceptors (Lipinski definition) is 3. The lowest BCUT2D eigenvalue weighted by molar-refractivity contribution is -0.219. The summed E-state index contributed by atoms with van der Waals surface area (Å²) in [6, 6.07) is -0.839. The molecule has 0 aromatic rings. The summed E-state index contributed by atoms with van der Waals surface area (Å²) in [4.78, 5) is 15.6. The number of alkyl halides is 3. The molecule has 4 nitrogen and oxygen atoms in total. The van der Waals surface area contributed by atoms with E-state index in [1.165, 1.54) is 4.90 Å². The minimum Gasteiger partial charge on any atom is -0.382 e. The largest absolute Gasteiger partial charge is 0.415 e. The lowest BCUT2D eigenvalue weighted by atomic mass is 10.0. The molecule has 7 heteroatoms. The summed E-state index contributed by atoms with van der Waals surface area (Å²) >= 11 is 0. The van der Waals surface area contributed by atoms with Gasteiger partial charge in [0.1, 0.15) is 0 Å². The Balaban J connectivity index is 1.96. The van der Waals surface area contributed by atoms with Gasteiger partial charge in [0.2, 0.25) is 5.91 Å². The monoisotopic (exact) mass is 308 g/mol. The van der Waals surface area contributed by atoms with Crippen molar-refractivity contribution < 1.29 is 23.1 Å². The third-order valence-corrected chi connectivity index (χ3v) is 4.58. The van der Waals surface area contributed by atoms with Gasteiger partial charge in [0, 0.05) is 18.6 Å². The summed E-state index contributed by atoms with van der Waals surface area (Å²) in [5, 5.41) is 9.44. The van der Waals surface area contributed by atoms with Crippen molar-refractivity contribution in [1.29, 1.82) is 0 Å². The van der Waals surface area contributed by atoms with Crippen molar-refractivity contribution in [2.45, 2.75) is 63.4 Å². The highest BCUT2D eigenvalue weighted by molar-refractivity contribution is 5.78. The number of piperidine rings is 1.